The second-order valence-corrected chi connectivity index (χ2v) is 7.67. The fourth-order valence-corrected chi connectivity index (χ4v) is 3.67. The average Bonchev–Trinajstić information content (AvgIpc) is 3.10. The molecule has 29 heavy (non-hydrogen) atoms. The number of carbonyl (C=O) groups excluding carboxylic acids is 1. The number of fused-ring (bicyclic) bond motifs is 1. The molecule has 1 aliphatic rings. The van der Waals surface area contributed by atoms with E-state index in [1.165, 1.54) is 0 Å². The summed E-state index contributed by atoms with van der Waals surface area (Å²) in [7, 11) is 0. The van der Waals surface area contributed by atoms with Gasteiger partial charge in [0.1, 0.15) is 6.04 Å². The second-order valence-electron chi connectivity index (χ2n) is 7.67. The van der Waals surface area contributed by atoms with Crippen LogP contribution in [0.3, 0.4) is 0 Å². The summed E-state index contributed by atoms with van der Waals surface area (Å²) in [5.41, 5.74) is 2.18. The van der Waals surface area contributed by atoms with Crippen molar-refractivity contribution in [2.24, 2.45) is 5.92 Å². The topological polar surface area (TPSA) is 112 Å². The van der Waals surface area contributed by atoms with Gasteiger partial charge in [-0.3, -0.25) is 19.4 Å². The zero-order chi connectivity index (χ0) is 21.0. The average molecular weight is 397 g/mol. The van der Waals surface area contributed by atoms with Crippen molar-refractivity contribution < 1.29 is 14.7 Å². The van der Waals surface area contributed by atoms with E-state index in [9.17, 15) is 14.7 Å². The third kappa shape index (κ3) is 4.75. The quantitative estimate of drug-likeness (QED) is 0.661. The van der Waals surface area contributed by atoms with Crippen molar-refractivity contribution in [3.63, 3.8) is 0 Å². The molecule has 0 spiro atoms. The van der Waals surface area contributed by atoms with E-state index >= 15 is 0 Å². The molecule has 1 amide bonds. The Balaban J connectivity index is 1.83. The number of carboxylic acid groups (broad SMARTS) is 1. The largest absolute Gasteiger partial charge is 0.480 e. The van der Waals surface area contributed by atoms with Gasteiger partial charge in [-0.05, 0) is 18.2 Å². The van der Waals surface area contributed by atoms with Crippen LogP contribution >= 0.6 is 0 Å². The number of carboxylic acids is 1. The first kappa shape index (κ1) is 20.8. The molecule has 154 valence electrons. The number of aromatic nitrogens is 1. The van der Waals surface area contributed by atoms with E-state index in [1.54, 1.807) is 6.20 Å². The Hall–Kier alpha value is -2.89. The van der Waals surface area contributed by atoms with Gasteiger partial charge in [-0.15, -0.1) is 0 Å². The smallest absolute Gasteiger partial charge is 0.325 e. The zero-order valence-electron chi connectivity index (χ0n) is 16.8. The maximum absolute atomic E-state index is 12.2. The van der Waals surface area contributed by atoms with Crippen LogP contribution in [0.15, 0.2) is 24.4 Å². The molecule has 0 bridgehead atoms. The molecule has 1 atom stereocenters. The van der Waals surface area contributed by atoms with Crippen LogP contribution in [0.25, 0.3) is 10.9 Å². The summed E-state index contributed by atoms with van der Waals surface area (Å²) in [5.74, 6) is -1.11. The van der Waals surface area contributed by atoms with E-state index in [4.69, 9.17) is 5.26 Å². The molecular weight excluding hydrogens is 370 g/mol. The molecule has 1 aromatic heterocycles. The normalized spacial score (nSPS) is 16.6. The third-order valence-corrected chi connectivity index (χ3v) is 5.35. The monoisotopic (exact) mass is 397 g/mol. The molecule has 1 aliphatic heterocycles. The highest BCUT2D eigenvalue weighted by atomic mass is 16.4. The number of hydrogen-bond donors (Lipinski definition) is 3. The van der Waals surface area contributed by atoms with E-state index in [-0.39, 0.29) is 11.8 Å². The van der Waals surface area contributed by atoms with Gasteiger partial charge in [-0.25, -0.2) is 0 Å². The molecule has 2 heterocycles. The Morgan fingerprint density at radius 1 is 1.28 bits per heavy atom. The second kappa shape index (κ2) is 9.07. The zero-order valence-corrected chi connectivity index (χ0v) is 16.8. The van der Waals surface area contributed by atoms with Gasteiger partial charge in [-0.1, -0.05) is 13.8 Å². The van der Waals surface area contributed by atoms with Gasteiger partial charge in [0.25, 0.3) is 0 Å². The fourth-order valence-electron chi connectivity index (χ4n) is 3.67. The van der Waals surface area contributed by atoms with E-state index in [0.29, 0.717) is 37.3 Å². The highest BCUT2D eigenvalue weighted by molar-refractivity contribution is 5.96. The Morgan fingerprint density at radius 3 is 2.62 bits per heavy atom. The number of benzene rings is 1. The Morgan fingerprint density at radius 2 is 2.00 bits per heavy atom. The van der Waals surface area contributed by atoms with Crippen LogP contribution in [0.2, 0.25) is 0 Å². The summed E-state index contributed by atoms with van der Waals surface area (Å²) in [5, 5.41) is 22.4. The lowest BCUT2D eigenvalue weighted by Gasteiger charge is -2.37. The number of aromatic amines is 1. The molecule has 0 unspecified atom stereocenters. The first-order valence-electron chi connectivity index (χ1n) is 9.88. The van der Waals surface area contributed by atoms with Crippen LogP contribution in [0.5, 0.6) is 0 Å². The lowest BCUT2D eigenvalue weighted by Crippen LogP contribution is -2.49. The van der Waals surface area contributed by atoms with E-state index < -0.39 is 12.0 Å². The summed E-state index contributed by atoms with van der Waals surface area (Å²) < 4.78 is 0. The van der Waals surface area contributed by atoms with Gasteiger partial charge < -0.3 is 15.4 Å². The molecule has 8 nitrogen and oxygen atoms in total. The maximum atomic E-state index is 12.2. The van der Waals surface area contributed by atoms with Crippen LogP contribution in [0, 0.1) is 17.2 Å². The number of anilines is 1. The Kier molecular flexibility index (Phi) is 6.52. The molecule has 3 N–H and O–H groups in total. The molecule has 3 rings (SSSR count). The number of aliphatic carboxylic acids is 1. The van der Waals surface area contributed by atoms with Crippen LogP contribution in [0.1, 0.15) is 31.9 Å². The number of rotatable bonds is 7. The van der Waals surface area contributed by atoms with Crippen molar-refractivity contribution in [1.29, 1.82) is 5.26 Å². The van der Waals surface area contributed by atoms with Crippen molar-refractivity contribution in [3.05, 3.63) is 30.0 Å². The minimum atomic E-state index is -0.895. The van der Waals surface area contributed by atoms with E-state index in [0.717, 1.165) is 24.0 Å². The van der Waals surface area contributed by atoms with Crippen LogP contribution in [0.4, 0.5) is 5.69 Å². The summed E-state index contributed by atoms with van der Waals surface area (Å²) in [6, 6.07) is 6.89. The summed E-state index contributed by atoms with van der Waals surface area (Å²) in [4.78, 5) is 31.5. The number of amides is 1. The molecule has 1 saturated heterocycles. The molecule has 0 radical (unpaired) electrons. The maximum Gasteiger partial charge on any atom is 0.325 e. The highest BCUT2D eigenvalue weighted by Crippen LogP contribution is 2.31. The Labute approximate surface area is 170 Å². The van der Waals surface area contributed by atoms with Gasteiger partial charge in [-0.2, -0.15) is 5.26 Å². The molecule has 1 aromatic carbocycles. The van der Waals surface area contributed by atoms with Crippen molar-refractivity contribution in [2.75, 3.05) is 38.0 Å². The lowest BCUT2D eigenvalue weighted by atomic mass is 10.0. The minimum Gasteiger partial charge on any atom is -0.480 e. The van der Waals surface area contributed by atoms with E-state index in [2.05, 4.69) is 21.3 Å². The number of nitrogens with zero attached hydrogens (tertiary/aromatic N) is 3. The van der Waals surface area contributed by atoms with Crippen molar-refractivity contribution >= 4 is 28.5 Å². The summed E-state index contributed by atoms with van der Waals surface area (Å²) in [6.07, 6.45) is 2.23. The molecule has 2 aromatic rings. The van der Waals surface area contributed by atoms with Crippen LogP contribution in [-0.2, 0) is 9.59 Å². The fraction of sp³-hybridized carbons (Fsp3) is 0.476. The Bertz CT molecular complexity index is 922. The first-order valence-corrected chi connectivity index (χ1v) is 9.88. The van der Waals surface area contributed by atoms with Crippen molar-refractivity contribution in [1.82, 2.24) is 14.8 Å². The number of carbonyl (C=O) groups is 2. The van der Waals surface area contributed by atoms with Crippen LogP contribution in [-0.4, -0.2) is 64.5 Å². The molecule has 1 fully saturated rings. The molecule has 0 saturated carbocycles. The minimum absolute atomic E-state index is 0.0790. The van der Waals surface area contributed by atoms with Gasteiger partial charge in [0.15, 0.2) is 0 Å². The third-order valence-electron chi connectivity index (χ3n) is 5.35. The first-order chi connectivity index (χ1) is 13.9. The molecular formula is C21H27N5O3. The number of H-pyrrole nitrogens is 1. The molecule has 0 aliphatic carbocycles. The SMILES string of the molecule is CC(C)C(=O)Nc1ccc2[nH]cc([C@@H](C(=O)O)N3CCN(CCC#N)CC3)c2c1. The van der Waals surface area contributed by atoms with Gasteiger partial charge in [0, 0.05) is 73.4 Å². The van der Waals surface area contributed by atoms with Crippen LogP contribution < -0.4 is 5.32 Å². The predicted molar refractivity (Wildman–Crippen MR) is 110 cm³/mol. The standard InChI is InChI=1S/C21H27N5O3/c1-14(2)20(27)24-15-4-5-18-16(12-15)17(13-23-18)19(21(28)29)26-10-8-25(9-11-26)7-3-6-22/h4-5,12-14,19,23H,3,7-11H2,1-2H3,(H,24,27)(H,28,29)/t19-/m0/s1. The summed E-state index contributed by atoms with van der Waals surface area (Å²) in [6.45, 7) is 7.09. The van der Waals surface area contributed by atoms with Gasteiger partial charge in [0.2, 0.25) is 5.91 Å². The van der Waals surface area contributed by atoms with Gasteiger partial charge >= 0.3 is 5.97 Å². The number of nitriles is 1. The predicted octanol–water partition coefficient (Wildman–Crippen LogP) is 2.42. The number of nitrogens with one attached hydrogen (secondary N) is 2. The summed E-state index contributed by atoms with van der Waals surface area (Å²) >= 11 is 0. The van der Waals surface area contributed by atoms with Gasteiger partial charge in [0.05, 0.1) is 6.07 Å². The lowest BCUT2D eigenvalue weighted by molar-refractivity contribution is -0.144. The number of hydrogen-bond acceptors (Lipinski definition) is 5. The number of piperazine rings is 1. The van der Waals surface area contributed by atoms with E-state index in [1.807, 2.05) is 36.9 Å². The molecule has 8 heteroatoms. The highest BCUT2D eigenvalue weighted by Gasteiger charge is 2.32. The van der Waals surface area contributed by atoms with Crippen molar-refractivity contribution in [2.45, 2.75) is 26.3 Å². The van der Waals surface area contributed by atoms with Crippen molar-refractivity contribution in [3.8, 4) is 6.07 Å².